The molecule has 0 aliphatic carbocycles. The van der Waals surface area contributed by atoms with Crippen LogP contribution in [-0.2, 0) is 6.54 Å². The van der Waals surface area contributed by atoms with Gasteiger partial charge in [0.15, 0.2) is 0 Å². The first-order valence-electron chi connectivity index (χ1n) is 7.17. The van der Waals surface area contributed by atoms with Crippen LogP contribution in [0.4, 0.5) is 0 Å². The molecular weight excluding hydrogens is 308 g/mol. The molecule has 0 fully saturated rings. The van der Waals surface area contributed by atoms with Crippen LogP contribution in [0.1, 0.15) is 11.1 Å². The van der Waals surface area contributed by atoms with Gasteiger partial charge in [-0.3, -0.25) is 4.98 Å². The van der Waals surface area contributed by atoms with E-state index in [1.165, 1.54) is 0 Å². The smallest absolute Gasteiger partial charge is 0.131 e. The molecule has 0 radical (unpaired) electrons. The van der Waals surface area contributed by atoms with Crippen LogP contribution >= 0.6 is 11.8 Å². The van der Waals surface area contributed by atoms with Gasteiger partial charge in [-0.05, 0) is 23.8 Å². The van der Waals surface area contributed by atoms with E-state index in [1.807, 2.05) is 30.5 Å². The first kappa shape index (κ1) is 15.5. The summed E-state index contributed by atoms with van der Waals surface area (Å²) in [5.74, 6) is 1.55. The maximum absolute atomic E-state index is 5.54. The summed E-state index contributed by atoms with van der Waals surface area (Å²) in [6, 6.07) is 9.85. The molecule has 0 saturated carbocycles. The second-order valence-electron chi connectivity index (χ2n) is 5.03. The number of benzene rings is 1. The van der Waals surface area contributed by atoms with Gasteiger partial charge in [0.05, 0.1) is 31.5 Å². The zero-order valence-corrected chi connectivity index (χ0v) is 14.0. The SMILES string of the molecule is C=C1SC=C(c2ccc(OC)cc2OC)N1Cc1cccnc1. The third-order valence-corrected chi connectivity index (χ3v) is 4.48. The quantitative estimate of drug-likeness (QED) is 0.826. The molecule has 0 atom stereocenters. The summed E-state index contributed by atoms with van der Waals surface area (Å²) < 4.78 is 10.8. The van der Waals surface area contributed by atoms with Crippen molar-refractivity contribution in [3.63, 3.8) is 0 Å². The molecule has 1 aromatic heterocycles. The summed E-state index contributed by atoms with van der Waals surface area (Å²) in [5, 5.41) is 3.09. The number of ether oxygens (including phenoxy) is 2. The van der Waals surface area contributed by atoms with Crippen LogP contribution in [0.15, 0.2) is 59.7 Å². The van der Waals surface area contributed by atoms with Gasteiger partial charge in [0, 0.05) is 29.4 Å². The van der Waals surface area contributed by atoms with Crippen LogP contribution in [-0.4, -0.2) is 24.1 Å². The van der Waals surface area contributed by atoms with E-state index in [-0.39, 0.29) is 0 Å². The Bertz CT molecular complexity index is 744. The van der Waals surface area contributed by atoms with E-state index < -0.39 is 0 Å². The van der Waals surface area contributed by atoms with Crippen molar-refractivity contribution in [2.45, 2.75) is 6.54 Å². The number of thioether (sulfide) groups is 1. The Morgan fingerprint density at radius 1 is 1.22 bits per heavy atom. The molecule has 1 aliphatic heterocycles. The van der Waals surface area contributed by atoms with Gasteiger partial charge < -0.3 is 14.4 Å². The van der Waals surface area contributed by atoms with Crippen molar-refractivity contribution in [2.24, 2.45) is 0 Å². The second kappa shape index (κ2) is 6.79. The third-order valence-electron chi connectivity index (χ3n) is 3.65. The van der Waals surface area contributed by atoms with Gasteiger partial charge >= 0.3 is 0 Å². The molecule has 0 amide bonds. The number of pyridine rings is 1. The van der Waals surface area contributed by atoms with Gasteiger partial charge in [0.2, 0.25) is 0 Å². The van der Waals surface area contributed by atoms with Gasteiger partial charge in [-0.25, -0.2) is 0 Å². The number of aromatic nitrogens is 1. The van der Waals surface area contributed by atoms with Crippen molar-refractivity contribution in [1.29, 1.82) is 0 Å². The fourth-order valence-electron chi connectivity index (χ4n) is 2.45. The van der Waals surface area contributed by atoms with E-state index in [2.05, 4.69) is 27.9 Å². The van der Waals surface area contributed by atoms with Gasteiger partial charge in [-0.2, -0.15) is 0 Å². The molecule has 4 nitrogen and oxygen atoms in total. The number of nitrogens with zero attached hydrogens (tertiary/aromatic N) is 2. The van der Waals surface area contributed by atoms with Gasteiger partial charge in [0.25, 0.3) is 0 Å². The average molecular weight is 326 g/mol. The fourth-order valence-corrected chi connectivity index (χ4v) is 3.24. The van der Waals surface area contributed by atoms with Crippen molar-refractivity contribution >= 4 is 17.5 Å². The van der Waals surface area contributed by atoms with Crippen LogP contribution in [0.25, 0.3) is 5.70 Å². The zero-order valence-electron chi connectivity index (χ0n) is 13.2. The first-order chi connectivity index (χ1) is 11.2. The lowest BCUT2D eigenvalue weighted by Gasteiger charge is -2.24. The highest BCUT2D eigenvalue weighted by molar-refractivity contribution is 8.06. The summed E-state index contributed by atoms with van der Waals surface area (Å²) in [6.45, 7) is 4.87. The maximum atomic E-state index is 5.54. The topological polar surface area (TPSA) is 34.6 Å². The number of hydrogen-bond acceptors (Lipinski definition) is 5. The summed E-state index contributed by atoms with van der Waals surface area (Å²) in [5.41, 5.74) is 3.22. The molecule has 3 rings (SSSR count). The van der Waals surface area contributed by atoms with Gasteiger partial charge in [-0.15, -0.1) is 0 Å². The van der Waals surface area contributed by atoms with E-state index in [9.17, 15) is 0 Å². The van der Waals surface area contributed by atoms with E-state index in [0.717, 1.165) is 39.9 Å². The van der Waals surface area contributed by atoms with Crippen molar-refractivity contribution in [2.75, 3.05) is 14.2 Å². The molecule has 23 heavy (non-hydrogen) atoms. The van der Waals surface area contributed by atoms with Crippen molar-refractivity contribution < 1.29 is 9.47 Å². The third kappa shape index (κ3) is 3.19. The summed E-state index contributed by atoms with van der Waals surface area (Å²) in [4.78, 5) is 6.35. The molecule has 0 bridgehead atoms. The Morgan fingerprint density at radius 2 is 2.09 bits per heavy atom. The van der Waals surface area contributed by atoms with Crippen molar-refractivity contribution in [3.8, 4) is 11.5 Å². The summed E-state index contributed by atoms with van der Waals surface area (Å²) in [6.07, 6.45) is 3.65. The molecule has 2 aromatic rings. The molecule has 1 aliphatic rings. The molecule has 0 spiro atoms. The molecule has 0 saturated heterocycles. The number of methoxy groups -OCH3 is 2. The predicted molar refractivity (Wildman–Crippen MR) is 94.0 cm³/mol. The standard InChI is InChI=1S/C18H18N2O2S/c1-13-20(11-14-5-4-8-19-10-14)17(12-23-13)16-7-6-15(21-2)9-18(16)22-3/h4-10,12H,1,11H2,2-3H3. The highest BCUT2D eigenvalue weighted by atomic mass is 32.2. The molecule has 2 heterocycles. The highest BCUT2D eigenvalue weighted by Gasteiger charge is 2.24. The minimum absolute atomic E-state index is 0.723. The lowest BCUT2D eigenvalue weighted by molar-refractivity contribution is 0.392. The monoisotopic (exact) mass is 326 g/mol. The van der Waals surface area contributed by atoms with E-state index >= 15 is 0 Å². The molecule has 118 valence electrons. The first-order valence-corrected chi connectivity index (χ1v) is 8.05. The largest absolute Gasteiger partial charge is 0.497 e. The van der Waals surface area contributed by atoms with Crippen molar-refractivity contribution in [3.05, 3.63) is 70.9 Å². The summed E-state index contributed by atoms with van der Waals surface area (Å²) >= 11 is 1.62. The molecular formula is C18H18N2O2S. The maximum Gasteiger partial charge on any atom is 0.131 e. The Morgan fingerprint density at radius 3 is 2.78 bits per heavy atom. The molecule has 0 N–H and O–H groups in total. The summed E-state index contributed by atoms with van der Waals surface area (Å²) in [7, 11) is 3.32. The Balaban J connectivity index is 1.93. The molecule has 5 heteroatoms. The minimum Gasteiger partial charge on any atom is -0.497 e. The lowest BCUT2D eigenvalue weighted by atomic mass is 10.1. The van der Waals surface area contributed by atoms with Crippen LogP contribution in [0.2, 0.25) is 0 Å². The fraction of sp³-hybridized carbons (Fsp3) is 0.167. The Kier molecular flexibility index (Phi) is 4.57. The van der Waals surface area contributed by atoms with E-state index in [0.29, 0.717) is 0 Å². The predicted octanol–water partition coefficient (Wildman–Crippen LogP) is 4.12. The minimum atomic E-state index is 0.723. The second-order valence-corrected chi connectivity index (χ2v) is 5.97. The number of hydrogen-bond donors (Lipinski definition) is 0. The van der Waals surface area contributed by atoms with Crippen LogP contribution in [0.5, 0.6) is 11.5 Å². The highest BCUT2D eigenvalue weighted by Crippen LogP contribution is 2.43. The van der Waals surface area contributed by atoms with Gasteiger partial charge in [-0.1, -0.05) is 24.4 Å². The van der Waals surface area contributed by atoms with E-state index in [4.69, 9.17) is 9.47 Å². The normalized spacial score (nSPS) is 13.9. The van der Waals surface area contributed by atoms with Crippen LogP contribution < -0.4 is 9.47 Å². The average Bonchev–Trinajstić information content (AvgIpc) is 2.96. The van der Waals surface area contributed by atoms with Gasteiger partial charge in [0.1, 0.15) is 11.5 Å². The van der Waals surface area contributed by atoms with E-state index in [1.54, 1.807) is 32.2 Å². The Labute approximate surface area is 140 Å². The lowest BCUT2D eigenvalue weighted by Crippen LogP contribution is -2.16. The zero-order chi connectivity index (χ0) is 16.2. The van der Waals surface area contributed by atoms with Crippen molar-refractivity contribution in [1.82, 2.24) is 9.88 Å². The molecule has 1 aromatic carbocycles. The van der Waals surface area contributed by atoms with Crippen LogP contribution in [0, 0.1) is 0 Å². The molecule has 0 unspecified atom stereocenters. The van der Waals surface area contributed by atoms with Crippen LogP contribution in [0.3, 0.4) is 0 Å². The Hall–Kier alpha value is -2.40. The number of rotatable bonds is 5.